The molecule has 2 aromatic rings. The number of nitrogens with one attached hydrogen (secondary N) is 2. The fraction of sp³-hybridized carbons (Fsp3) is 0.350. The lowest BCUT2D eigenvalue weighted by atomic mass is 10.0. The molecule has 3 rings (SSSR count). The summed E-state index contributed by atoms with van der Waals surface area (Å²) in [6.45, 7) is 2.98. The monoisotopic (exact) mass is 399 g/mol. The van der Waals surface area contributed by atoms with Gasteiger partial charge in [-0.3, -0.25) is 14.4 Å². The standard InChI is InChI=1S/C20H22FN5O3/c1-2-16(27)26-11-7-13(8-12-26)24-20(29)17-18(23-10-9-22-17)25-19(28)14-5-3-4-6-15(14)21/h3-6,9-10,13H,2,7-8,11-12H2,1H3,(H,24,29)(H,23,25,28). The fourth-order valence-electron chi connectivity index (χ4n) is 3.17. The van der Waals surface area contributed by atoms with Crippen LogP contribution >= 0.6 is 0 Å². The zero-order valence-electron chi connectivity index (χ0n) is 16.0. The number of anilines is 1. The van der Waals surface area contributed by atoms with E-state index in [1.807, 2.05) is 6.92 Å². The molecule has 0 radical (unpaired) electrons. The minimum absolute atomic E-state index is 0.0446. The second kappa shape index (κ2) is 9.22. The molecule has 1 aromatic heterocycles. The van der Waals surface area contributed by atoms with E-state index in [0.29, 0.717) is 32.4 Å². The third-order valence-corrected chi connectivity index (χ3v) is 4.75. The lowest BCUT2D eigenvalue weighted by Crippen LogP contribution is -2.46. The van der Waals surface area contributed by atoms with Crippen LogP contribution < -0.4 is 10.6 Å². The highest BCUT2D eigenvalue weighted by Crippen LogP contribution is 2.15. The highest BCUT2D eigenvalue weighted by molar-refractivity contribution is 6.07. The molecule has 2 heterocycles. The van der Waals surface area contributed by atoms with Gasteiger partial charge in [0.15, 0.2) is 11.5 Å². The third-order valence-electron chi connectivity index (χ3n) is 4.75. The van der Waals surface area contributed by atoms with Crippen molar-refractivity contribution >= 4 is 23.5 Å². The van der Waals surface area contributed by atoms with Crippen molar-refractivity contribution in [2.45, 2.75) is 32.2 Å². The van der Waals surface area contributed by atoms with Crippen LogP contribution in [-0.2, 0) is 4.79 Å². The van der Waals surface area contributed by atoms with Crippen molar-refractivity contribution < 1.29 is 18.8 Å². The van der Waals surface area contributed by atoms with Crippen LogP contribution in [0.2, 0.25) is 0 Å². The predicted octanol–water partition coefficient (Wildman–Crippen LogP) is 2.00. The van der Waals surface area contributed by atoms with Crippen molar-refractivity contribution in [1.82, 2.24) is 20.2 Å². The zero-order valence-corrected chi connectivity index (χ0v) is 16.0. The SMILES string of the molecule is CCC(=O)N1CCC(NC(=O)c2nccnc2NC(=O)c2ccccc2F)CC1. The third kappa shape index (κ3) is 4.92. The lowest BCUT2D eigenvalue weighted by Gasteiger charge is -2.32. The normalized spacial score (nSPS) is 14.3. The van der Waals surface area contributed by atoms with Gasteiger partial charge in [0.2, 0.25) is 5.91 Å². The van der Waals surface area contributed by atoms with Crippen LogP contribution in [0.4, 0.5) is 10.2 Å². The van der Waals surface area contributed by atoms with Gasteiger partial charge in [-0.2, -0.15) is 0 Å². The molecule has 1 fully saturated rings. The van der Waals surface area contributed by atoms with E-state index < -0.39 is 17.6 Å². The van der Waals surface area contributed by atoms with Crippen molar-refractivity contribution in [1.29, 1.82) is 0 Å². The van der Waals surface area contributed by atoms with Crippen LogP contribution in [0.5, 0.6) is 0 Å². The number of hydrogen-bond donors (Lipinski definition) is 2. The van der Waals surface area contributed by atoms with Crippen molar-refractivity contribution in [3.8, 4) is 0 Å². The van der Waals surface area contributed by atoms with Gasteiger partial charge in [0.25, 0.3) is 11.8 Å². The van der Waals surface area contributed by atoms with Gasteiger partial charge in [-0.1, -0.05) is 19.1 Å². The summed E-state index contributed by atoms with van der Waals surface area (Å²) in [6, 6.07) is 5.42. The van der Waals surface area contributed by atoms with E-state index in [2.05, 4.69) is 20.6 Å². The Morgan fingerprint density at radius 2 is 1.79 bits per heavy atom. The molecule has 2 N–H and O–H groups in total. The Labute approximate surface area is 167 Å². The first-order valence-electron chi connectivity index (χ1n) is 9.45. The highest BCUT2D eigenvalue weighted by atomic mass is 19.1. The zero-order chi connectivity index (χ0) is 20.8. The molecule has 152 valence electrons. The second-order valence-electron chi connectivity index (χ2n) is 6.67. The Balaban J connectivity index is 1.66. The van der Waals surface area contributed by atoms with Gasteiger partial charge < -0.3 is 15.5 Å². The molecule has 1 aliphatic rings. The molecule has 1 aromatic carbocycles. The Bertz CT molecular complexity index is 912. The maximum atomic E-state index is 13.8. The molecular formula is C20H22FN5O3. The first kappa shape index (κ1) is 20.4. The van der Waals surface area contributed by atoms with E-state index in [1.165, 1.54) is 36.7 Å². The van der Waals surface area contributed by atoms with Gasteiger partial charge in [0.05, 0.1) is 5.56 Å². The topological polar surface area (TPSA) is 104 Å². The van der Waals surface area contributed by atoms with E-state index in [1.54, 1.807) is 4.90 Å². The molecule has 0 aliphatic carbocycles. The Kier molecular flexibility index (Phi) is 6.48. The number of nitrogens with zero attached hydrogens (tertiary/aromatic N) is 3. The first-order valence-corrected chi connectivity index (χ1v) is 9.45. The van der Waals surface area contributed by atoms with Gasteiger partial charge in [0.1, 0.15) is 5.82 Å². The van der Waals surface area contributed by atoms with Gasteiger partial charge in [-0.15, -0.1) is 0 Å². The van der Waals surface area contributed by atoms with Gasteiger partial charge in [0, 0.05) is 37.9 Å². The summed E-state index contributed by atoms with van der Waals surface area (Å²) in [4.78, 5) is 46.6. The number of carbonyl (C=O) groups excluding carboxylic acids is 3. The average molecular weight is 399 g/mol. The van der Waals surface area contributed by atoms with Crippen molar-refractivity contribution in [3.63, 3.8) is 0 Å². The van der Waals surface area contributed by atoms with Crippen molar-refractivity contribution in [2.75, 3.05) is 18.4 Å². The van der Waals surface area contributed by atoms with Crippen LogP contribution in [0, 0.1) is 5.82 Å². The summed E-state index contributed by atoms with van der Waals surface area (Å²) in [7, 11) is 0. The van der Waals surface area contributed by atoms with Crippen LogP contribution in [-0.4, -0.2) is 51.7 Å². The second-order valence-corrected chi connectivity index (χ2v) is 6.67. The molecule has 8 nitrogen and oxygen atoms in total. The number of hydrogen-bond acceptors (Lipinski definition) is 5. The van der Waals surface area contributed by atoms with Gasteiger partial charge in [-0.25, -0.2) is 14.4 Å². The molecule has 1 saturated heterocycles. The number of benzene rings is 1. The summed E-state index contributed by atoms with van der Waals surface area (Å²) in [5.74, 6) is -1.82. The first-order chi connectivity index (χ1) is 14.0. The minimum Gasteiger partial charge on any atom is -0.348 e. The lowest BCUT2D eigenvalue weighted by molar-refractivity contribution is -0.131. The summed E-state index contributed by atoms with van der Waals surface area (Å²) in [5.41, 5.74) is -0.207. The van der Waals surface area contributed by atoms with Crippen molar-refractivity contribution in [3.05, 3.63) is 53.7 Å². The largest absolute Gasteiger partial charge is 0.348 e. The maximum absolute atomic E-state index is 13.8. The molecule has 0 atom stereocenters. The molecule has 0 bridgehead atoms. The minimum atomic E-state index is -0.718. The number of likely N-dealkylation sites (tertiary alicyclic amines) is 1. The summed E-state index contributed by atoms with van der Waals surface area (Å²) in [5, 5.41) is 5.32. The maximum Gasteiger partial charge on any atom is 0.273 e. The number of carbonyl (C=O) groups is 3. The number of piperidine rings is 1. The Morgan fingerprint density at radius 1 is 1.10 bits per heavy atom. The number of amides is 3. The molecule has 9 heteroatoms. The molecule has 0 unspecified atom stereocenters. The highest BCUT2D eigenvalue weighted by Gasteiger charge is 2.25. The van der Waals surface area contributed by atoms with E-state index in [0.717, 1.165) is 0 Å². The van der Waals surface area contributed by atoms with E-state index in [-0.39, 0.29) is 29.0 Å². The Morgan fingerprint density at radius 3 is 2.48 bits per heavy atom. The van der Waals surface area contributed by atoms with Crippen molar-refractivity contribution in [2.24, 2.45) is 0 Å². The fourth-order valence-corrected chi connectivity index (χ4v) is 3.17. The summed E-state index contributed by atoms with van der Waals surface area (Å²) < 4.78 is 13.8. The molecule has 29 heavy (non-hydrogen) atoms. The molecular weight excluding hydrogens is 377 g/mol. The number of halogens is 1. The Hall–Kier alpha value is -3.36. The van der Waals surface area contributed by atoms with E-state index in [4.69, 9.17) is 0 Å². The van der Waals surface area contributed by atoms with Gasteiger partial charge in [-0.05, 0) is 25.0 Å². The van der Waals surface area contributed by atoms with Crippen LogP contribution in [0.15, 0.2) is 36.7 Å². The molecule has 3 amide bonds. The molecule has 0 saturated carbocycles. The molecule has 0 spiro atoms. The summed E-state index contributed by atoms with van der Waals surface area (Å²) in [6.07, 6.45) is 4.41. The van der Waals surface area contributed by atoms with E-state index in [9.17, 15) is 18.8 Å². The van der Waals surface area contributed by atoms with Crippen LogP contribution in [0.1, 0.15) is 47.0 Å². The van der Waals surface area contributed by atoms with E-state index >= 15 is 0 Å². The number of rotatable bonds is 5. The quantitative estimate of drug-likeness (QED) is 0.800. The van der Waals surface area contributed by atoms with Gasteiger partial charge >= 0.3 is 0 Å². The average Bonchev–Trinajstić information content (AvgIpc) is 2.74. The van der Waals surface area contributed by atoms with Crippen LogP contribution in [0.3, 0.4) is 0 Å². The smallest absolute Gasteiger partial charge is 0.273 e. The predicted molar refractivity (Wildman–Crippen MR) is 104 cm³/mol. The summed E-state index contributed by atoms with van der Waals surface area (Å²) >= 11 is 0. The molecule has 1 aliphatic heterocycles. The van der Waals surface area contributed by atoms with Crippen LogP contribution in [0.25, 0.3) is 0 Å². The number of aromatic nitrogens is 2.